The minimum atomic E-state index is -0.954. The molecule has 5 heteroatoms. The van der Waals surface area contributed by atoms with E-state index in [4.69, 9.17) is 4.74 Å². The van der Waals surface area contributed by atoms with Crippen LogP contribution in [0.1, 0.15) is 21.5 Å². The molecule has 0 aliphatic heterocycles. The predicted octanol–water partition coefficient (Wildman–Crippen LogP) is 4.48. The second-order valence-electron chi connectivity index (χ2n) is 5.90. The molecule has 3 aromatic carbocycles. The van der Waals surface area contributed by atoms with Gasteiger partial charge in [0, 0.05) is 6.54 Å². The van der Waals surface area contributed by atoms with Crippen molar-refractivity contribution in [3.63, 3.8) is 0 Å². The number of hydrogen-bond donors (Lipinski definition) is 2. The molecule has 0 aliphatic rings. The number of hydrogen-bond acceptors (Lipinski definition) is 3. The Kier molecular flexibility index (Phi) is 5.84. The number of carbonyl (C=O) groups excluding carboxylic acids is 1. The van der Waals surface area contributed by atoms with Crippen molar-refractivity contribution in [3.05, 3.63) is 89.5 Å². The molecule has 0 spiro atoms. The van der Waals surface area contributed by atoms with Crippen LogP contribution in [0.25, 0.3) is 16.8 Å². The summed E-state index contributed by atoms with van der Waals surface area (Å²) in [5.41, 5.74) is 2.08. The van der Waals surface area contributed by atoms with Crippen LogP contribution in [0.2, 0.25) is 0 Å². The Hall–Kier alpha value is -3.60. The van der Waals surface area contributed by atoms with E-state index in [2.05, 4.69) is 5.32 Å². The SMILES string of the molecule is O=C(NCC=Cc1cccc2c(C(=O)O)cccc12)OCc1ccccc1. The topological polar surface area (TPSA) is 75.6 Å². The normalized spacial score (nSPS) is 10.8. The lowest BCUT2D eigenvalue weighted by Gasteiger charge is -2.06. The summed E-state index contributed by atoms with van der Waals surface area (Å²) < 4.78 is 5.14. The number of carbonyl (C=O) groups is 2. The zero-order valence-electron chi connectivity index (χ0n) is 14.6. The Bertz CT molecular complexity index is 980. The van der Waals surface area contributed by atoms with E-state index in [1.54, 1.807) is 24.3 Å². The first-order chi connectivity index (χ1) is 13.1. The second kappa shape index (κ2) is 8.67. The molecule has 3 rings (SSSR count). The number of aromatic carboxylic acids is 1. The van der Waals surface area contributed by atoms with Gasteiger partial charge in [-0.3, -0.25) is 0 Å². The Morgan fingerprint density at radius 1 is 0.926 bits per heavy atom. The molecule has 136 valence electrons. The molecule has 0 aliphatic carbocycles. The van der Waals surface area contributed by atoms with Gasteiger partial charge in [-0.1, -0.05) is 72.8 Å². The van der Waals surface area contributed by atoms with Gasteiger partial charge in [0.2, 0.25) is 0 Å². The van der Waals surface area contributed by atoms with Gasteiger partial charge < -0.3 is 15.2 Å². The van der Waals surface area contributed by atoms with Gasteiger partial charge >= 0.3 is 12.1 Å². The van der Waals surface area contributed by atoms with Crippen molar-refractivity contribution in [3.8, 4) is 0 Å². The smallest absolute Gasteiger partial charge is 0.407 e. The average molecular weight is 361 g/mol. The molecule has 1 amide bonds. The molecule has 3 aromatic rings. The summed E-state index contributed by atoms with van der Waals surface area (Å²) in [4.78, 5) is 23.1. The number of amides is 1. The van der Waals surface area contributed by atoms with Crippen LogP contribution in [-0.4, -0.2) is 23.7 Å². The van der Waals surface area contributed by atoms with Crippen molar-refractivity contribution in [2.45, 2.75) is 6.61 Å². The van der Waals surface area contributed by atoms with Gasteiger partial charge in [-0.05, 0) is 28.0 Å². The zero-order chi connectivity index (χ0) is 19.1. The van der Waals surface area contributed by atoms with E-state index in [1.165, 1.54) is 0 Å². The minimum absolute atomic E-state index is 0.220. The van der Waals surface area contributed by atoms with Gasteiger partial charge in [0.1, 0.15) is 6.61 Å². The maximum Gasteiger partial charge on any atom is 0.407 e. The van der Waals surface area contributed by atoms with Gasteiger partial charge in [-0.25, -0.2) is 9.59 Å². The molecular formula is C22H19NO4. The van der Waals surface area contributed by atoms with Crippen molar-refractivity contribution < 1.29 is 19.4 Å². The summed E-state index contributed by atoms with van der Waals surface area (Å²) in [6.45, 7) is 0.528. The summed E-state index contributed by atoms with van der Waals surface area (Å²) in [5.74, 6) is -0.954. The summed E-state index contributed by atoms with van der Waals surface area (Å²) in [6.07, 6.45) is 3.16. The highest BCUT2D eigenvalue weighted by molar-refractivity contribution is 6.05. The van der Waals surface area contributed by atoms with E-state index in [0.29, 0.717) is 11.9 Å². The highest BCUT2D eigenvalue weighted by Gasteiger charge is 2.08. The number of alkyl carbamates (subject to hydrolysis) is 1. The largest absolute Gasteiger partial charge is 0.478 e. The van der Waals surface area contributed by atoms with Gasteiger partial charge in [0.05, 0.1) is 5.56 Å². The standard InChI is InChI=1S/C22H19NO4/c24-21(25)20-13-5-11-18-17(9-4-12-19(18)20)10-6-14-23-22(26)27-15-16-7-2-1-3-8-16/h1-13H,14-15H2,(H,23,26)(H,24,25). The van der Waals surface area contributed by atoms with Crippen LogP contribution in [0, 0.1) is 0 Å². The molecule has 0 bridgehead atoms. The van der Waals surface area contributed by atoms with Gasteiger partial charge in [-0.2, -0.15) is 0 Å². The van der Waals surface area contributed by atoms with Crippen LogP contribution in [0.4, 0.5) is 4.79 Å². The molecule has 27 heavy (non-hydrogen) atoms. The summed E-state index contributed by atoms with van der Waals surface area (Å²) >= 11 is 0. The van der Waals surface area contributed by atoms with Gasteiger partial charge in [0.25, 0.3) is 0 Å². The first-order valence-electron chi connectivity index (χ1n) is 8.51. The van der Waals surface area contributed by atoms with Crippen molar-refractivity contribution in [2.75, 3.05) is 6.54 Å². The number of nitrogens with one attached hydrogen (secondary N) is 1. The highest BCUT2D eigenvalue weighted by atomic mass is 16.5. The van der Waals surface area contributed by atoms with Crippen molar-refractivity contribution in [1.82, 2.24) is 5.32 Å². The summed E-state index contributed by atoms with van der Waals surface area (Å²) in [5, 5.41) is 13.5. The Labute approximate surface area is 156 Å². The van der Waals surface area contributed by atoms with Crippen LogP contribution in [-0.2, 0) is 11.3 Å². The predicted molar refractivity (Wildman–Crippen MR) is 105 cm³/mol. The lowest BCUT2D eigenvalue weighted by Crippen LogP contribution is -2.24. The van der Waals surface area contributed by atoms with E-state index in [9.17, 15) is 14.7 Å². The van der Waals surface area contributed by atoms with Crippen LogP contribution in [0.15, 0.2) is 72.8 Å². The van der Waals surface area contributed by atoms with Crippen LogP contribution >= 0.6 is 0 Å². The monoisotopic (exact) mass is 361 g/mol. The van der Waals surface area contributed by atoms with Crippen molar-refractivity contribution in [2.24, 2.45) is 0 Å². The summed E-state index contributed by atoms with van der Waals surface area (Å²) in [6, 6.07) is 20.1. The quantitative estimate of drug-likeness (QED) is 0.679. The molecular weight excluding hydrogens is 342 g/mol. The molecule has 0 radical (unpaired) electrons. The third-order valence-corrected chi connectivity index (χ3v) is 4.06. The Balaban J connectivity index is 1.59. The fourth-order valence-corrected chi connectivity index (χ4v) is 2.77. The second-order valence-corrected chi connectivity index (χ2v) is 5.90. The Morgan fingerprint density at radius 3 is 2.44 bits per heavy atom. The number of carboxylic acid groups (broad SMARTS) is 1. The molecule has 0 heterocycles. The maximum atomic E-state index is 11.7. The van der Waals surface area contributed by atoms with Crippen LogP contribution in [0.5, 0.6) is 0 Å². The van der Waals surface area contributed by atoms with Crippen LogP contribution < -0.4 is 5.32 Å². The minimum Gasteiger partial charge on any atom is -0.478 e. The van der Waals surface area contributed by atoms with Crippen molar-refractivity contribution >= 4 is 28.9 Å². The van der Waals surface area contributed by atoms with E-state index in [0.717, 1.165) is 16.5 Å². The van der Waals surface area contributed by atoms with E-state index < -0.39 is 12.1 Å². The third-order valence-electron chi connectivity index (χ3n) is 4.06. The van der Waals surface area contributed by atoms with E-state index in [-0.39, 0.29) is 12.2 Å². The lowest BCUT2D eigenvalue weighted by molar-refractivity contribution is 0.0699. The molecule has 0 aromatic heterocycles. The fraction of sp³-hybridized carbons (Fsp3) is 0.0909. The molecule has 5 nitrogen and oxygen atoms in total. The summed E-state index contributed by atoms with van der Waals surface area (Å²) in [7, 11) is 0. The fourth-order valence-electron chi connectivity index (χ4n) is 2.77. The average Bonchev–Trinajstić information content (AvgIpc) is 2.70. The number of carboxylic acids is 1. The highest BCUT2D eigenvalue weighted by Crippen LogP contribution is 2.23. The first kappa shape index (κ1) is 18.2. The molecule has 2 N–H and O–H groups in total. The first-order valence-corrected chi connectivity index (χ1v) is 8.51. The van der Waals surface area contributed by atoms with Gasteiger partial charge in [0.15, 0.2) is 0 Å². The molecule has 0 unspecified atom stereocenters. The third kappa shape index (κ3) is 4.73. The number of rotatable bonds is 6. The molecule has 0 saturated carbocycles. The van der Waals surface area contributed by atoms with Crippen LogP contribution in [0.3, 0.4) is 0 Å². The van der Waals surface area contributed by atoms with Gasteiger partial charge in [-0.15, -0.1) is 0 Å². The van der Waals surface area contributed by atoms with Crippen molar-refractivity contribution in [1.29, 1.82) is 0 Å². The lowest BCUT2D eigenvalue weighted by atomic mass is 10.00. The molecule has 0 saturated heterocycles. The van der Waals surface area contributed by atoms with E-state index in [1.807, 2.05) is 54.6 Å². The molecule has 0 atom stereocenters. The zero-order valence-corrected chi connectivity index (χ0v) is 14.6. The number of benzene rings is 3. The Morgan fingerprint density at radius 2 is 1.67 bits per heavy atom. The number of ether oxygens (including phenoxy) is 1. The van der Waals surface area contributed by atoms with E-state index >= 15 is 0 Å². The molecule has 0 fully saturated rings. The number of fused-ring (bicyclic) bond motifs is 1. The maximum absolute atomic E-state index is 11.7.